The Morgan fingerprint density at radius 1 is 1.05 bits per heavy atom. The number of likely N-dealkylation sites (tertiary alicyclic amines) is 1. The summed E-state index contributed by atoms with van der Waals surface area (Å²) in [7, 11) is 0. The standard InChI is InChI=1S/C33H40N8O2S/c42-30(41-13-5-24(6-14-41)26-7-18-44-21-26)20-40-15-8-33(23-40,22-39-16-11-35-12-17-39)32(43)36-27-1-2-29-28(19-27)31(38-37-29)25-3-9-34-10-4-25/h2-5,7,9-10,18-19,21,27,35,37H,1,6,8,11-17,20,22-23H2,(H,36,43). The largest absolute Gasteiger partial charge is 0.349 e. The summed E-state index contributed by atoms with van der Waals surface area (Å²) in [5.74, 6) is 0.231. The Labute approximate surface area is 261 Å². The zero-order chi connectivity index (χ0) is 29.9. The molecule has 2 unspecified atom stereocenters. The van der Waals surface area contributed by atoms with E-state index < -0.39 is 5.41 Å². The van der Waals surface area contributed by atoms with E-state index in [1.807, 2.05) is 17.0 Å². The van der Waals surface area contributed by atoms with Crippen molar-refractivity contribution < 1.29 is 9.59 Å². The molecule has 0 bridgehead atoms. The molecule has 0 radical (unpaired) electrons. The molecule has 44 heavy (non-hydrogen) atoms. The molecule has 3 N–H and O–H groups in total. The van der Waals surface area contributed by atoms with E-state index in [0.29, 0.717) is 32.6 Å². The highest BCUT2D eigenvalue weighted by atomic mass is 32.1. The van der Waals surface area contributed by atoms with Gasteiger partial charge in [-0.25, -0.2) is 0 Å². The maximum atomic E-state index is 14.2. The fraction of sp³-hybridized carbons (Fsp3) is 0.455. The molecule has 10 nitrogen and oxygen atoms in total. The van der Waals surface area contributed by atoms with Crippen molar-refractivity contribution in [2.75, 3.05) is 65.4 Å². The van der Waals surface area contributed by atoms with E-state index >= 15 is 0 Å². The Kier molecular flexibility index (Phi) is 8.44. The summed E-state index contributed by atoms with van der Waals surface area (Å²) >= 11 is 1.71. The number of rotatable bonds is 8. The van der Waals surface area contributed by atoms with Gasteiger partial charge in [0.05, 0.1) is 29.0 Å². The molecule has 2 fully saturated rings. The van der Waals surface area contributed by atoms with Gasteiger partial charge >= 0.3 is 0 Å². The van der Waals surface area contributed by atoms with Gasteiger partial charge in [-0.05, 0) is 65.9 Å². The first-order chi connectivity index (χ1) is 21.6. The van der Waals surface area contributed by atoms with Gasteiger partial charge in [0, 0.05) is 75.5 Å². The topological polar surface area (TPSA) is 109 Å². The smallest absolute Gasteiger partial charge is 0.237 e. The monoisotopic (exact) mass is 612 g/mol. The number of aromatic nitrogens is 3. The maximum Gasteiger partial charge on any atom is 0.237 e. The molecule has 11 heteroatoms. The third kappa shape index (κ3) is 6.14. The second-order valence-electron chi connectivity index (χ2n) is 12.4. The van der Waals surface area contributed by atoms with E-state index in [-0.39, 0.29) is 17.9 Å². The van der Waals surface area contributed by atoms with Crippen LogP contribution in [0.5, 0.6) is 0 Å². The van der Waals surface area contributed by atoms with Crippen LogP contribution in [-0.2, 0) is 9.59 Å². The quantitative estimate of drug-likeness (QED) is 0.347. The van der Waals surface area contributed by atoms with E-state index in [1.54, 1.807) is 23.7 Å². The second kappa shape index (κ2) is 12.8. The lowest BCUT2D eigenvalue weighted by atomic mass is 9.84. The molecule has 0 saturated carbocycles. The summed E-state index contributed by atoms with van der Waals surface area (Å²) in [5.41, 5.74) is 3.90. The van der Waals surface area contributed by atoms with Crippen molar-refractivity contribution in [1.29, 1.82) is 0 Å². The lowest BCUT2D eigenvalue weighted by Gasteiger charge is -2.37. The van der Waals surface area contributed by atoms with E-state index in [1.165, 1.54) is 11.1 Å². The number of carbonyl (C=O) groups excluding carboxylic acids is 2. The molecule has 3 aromatic heterocycles. The molecule has 230 valence electrons. The Morgan fingerprint density at radius 3 is 2.68 bits per heavy atom. The van der Waals surface area contributed by atoms with Crippen molar-refractivity contribution in [1.82, 2.24) is 40.5 Å². The minimum Gasteiger partial charge on any atom is -0.349 e. The molecule has 3 aliphatic heterocycles. The lowest BCUT2D eigenvalue weighted by Crippen LogP contribution is -2.55. The first kappa shape index (κ1) is 29.1. The van der Waals surface area contributed by atoms with Crippen molar-refractivity contribution in [3.8, 4) is 11.3 Å². The van der Waals surface area contributed by atoms with Crippen LogP contribution in [0.1, 0.15) is 24.8 Å². The number of pyridine rings is 1. The molecular formula is C33H40N8O2S. The van der Waals surface area contributed by atoms with Gasteiger partial charge in [-0.2, -0.15) is 16.4 Å². The first-order valence-electron chi connectivity index (χ1n) is 15.7. The first-order valence-corrected chi connectivity index (χ1v) is 16.6. The summed E-state index contributed by atoms with van der Waals surface area (Å²) in [5, 5.41) is 20.8. The van der Waals surface area contributed by atoms with Crippen molar-refractivity contribution in [3.05, 3.63) is 63.6 Å². The SMILES string of the molecule is O=C(CN1CCC(CN2CCNCC2)(C(=O)NC2C=c3c(-c4ccncc4)n[nH]c3=CC2)C1)N1CC=C(c2ccsc2)CC1. The highest BCUT2D eigenvalue weighted by molar-refractivity contribution is 7.08. The summed E-state index contributed by atoms with van der Waals surface area (Å²) < 4.78 is 0. The number of piperazine rings is 1. The van der Waals surface area contributed by atoms with Crippen molar-refractivity contribution in [2.45, 2.75) is 25.3 Å². The highest BCUT2D eigenvalue weighted by Gasteiger charge is 2.46. The number of hydrogen-bond acceptors (Lipinski definition) is 8. The van der Waals surface area contributed by atoms with Gasteiger partial charge in [-0.15, -0.1) is 0 Å². The number of hydrogen-bond donors (Lipinski definition) is 3. The summed E-state index contributed by atoms with van der Waals surface area (Å²) in [6, 6.07) is 5.93. The summed E-state index contributed by atoms with van der Waals surface area (Å²) in [6.07, 6.45) is 12.3. The zero-order valence-corrected chi connectivity index (χ0v) is 25.8. The van der Waals surface area contributed by atoms with Crippen molar-refractivity contribution in [3.63, 3.8) is 0 Å². The van der Waals surface area contributed by atoms with Crippen LogP contribution in [0.3, 0.4) is 0 Å². The second-order valence-corrected chi connectivity index (χ2v) is 13.2. The number of H-pyrrole nitrogens is 1. The average molecular weight is 613 g/mol. The van der Waals surface area contributed by atoms with Crippen LogP contribution >= 0.6 is 11.3 Å². The maximum absolute atomic E-state index is 14.2. The van der Waals surface area contributed by atoms with E-state index in [9.17, 15) is 9.59 Å². The molecule has 3 aromatic rings. The molecule has 6 heterocycles. The Morgan fingerprint density at radius 2 is 1.91 bits per heavy atom. The minimum absolute atomic E-state index is 0.0827. The third-order valence-electron chi connectivity index (χ3n) is 9.51. The molecule has 2 saturated heterocycles. The van der Waals surface area contributed by atoms with Crippen LogP contribution in [0.2, 0.25) is 0 Å². The summed E-state index contributed by atoms with van der Waals surface area (Å²) in [4.78, 5) is 38.3. The van der Waals surface area contributed by atoms with Gasteiger partial charge in [0.25, 0.3) is 0 Å². The lowest BCUT2D eigenvalue weighted by molar-refractivity contribution is -0.134. The van der Waals surface area contributed by atoms with Crippen LogP contribution in [0, 0.1) is 5.41 Å². The van der Waals surface area contributed by atoms with E-state index in [2.05, 4.69) is 70.7 Å². The average Bonchev–Trinajstić information content (AvgIpc) is 3.83. The minimum atomic E-state index is -0.565. The van der Waals surface area contributed by atoms with Crippen molar-refractivity contribution in [2.24, 2.45) is 5.41 Å². The Bertz CT molecular complexity index is 1630. The van der Waals surface area contributed by atoms with E-state index in [0.717, 1.165) is 73.9 Å². The molecule has 2 atom stereocenters. The number of carbonyl (C=O) groups is 2. The zero-order valence-electron chi connectivity index (χ0n) is 25.0. The highest BCUT2D eigenvalue weighted by Crippen LogP contribution is 2.33. The number of nitrogens with zero attached hydrogens (tertiary/aromatic N) is 5. The van der Waals surface area contributed by atoms with Gasteiger partial charge in [0.2, 0.25) is 11.8 Å². The van der Waals surface area contributed by atoms with Gasteiger partial charge in [0.15, 0.2) is 0 Å². The van der Waals surface area contributed by atoms with Gasteiger partial charge in [-0.1, -0.05) is 18.2 Å². The summed E-state index contributed by atoms with van der Waals surface area (Å²) in [6.45, 7) is 7.51. The molecule has 7 rings (SSSR count). The third-order valence-corrected chi connectivity index (χ3v) is 10.2. The number of amides is 2. The van der Waals surface area contributed by atoms with Crippen LogP contribution < -0.4 is 21.2 Å². The van der Waals surface area contributed by atoms with Crippen LogP contribution in [0.25, 0.3) is 29.0 Å². The molecule has 0 spiro atoms. The van der Waals surface area contributed by atoms with Gasteiger partial charge < -0.3 is 15.5 Å². The van der Waals surface area contributed by atoms with Crippen LogP contribution in [-0.4, -0.2) is 113 Å². The predicted octanol–water partition coefficient (Wildman–Crippen LogP) is 0.896. The predicted molar refractivity (Wildman–Crippen MR) is 173 cm³/mol. The van der Waals surface area contributed by atoms with Crippen molar-refractivity contribution >= 4 is 40.9 Å². The number of thiophene rings is 1. The molecule has 1 aliphatic carbocycles. The molecule has 4 aliphatic rings. The Balaban J connectivity index is 1.05. The normalized spacial score (nSPS) is 24.2. The van der Waals surface area contributed by atoms with Gasteiger partial charge in [-0.3, -0.25) is 29.5 Å². The fourth-order valence-corrected chi connectivity index (χ4v) is 7.71. The number of fused-ring (bicyclic) bond motifs is 1. The van der Waals surface area contributed by atoms with Crippen LogP contribution in [0.15, 0.2) is 47.4 Å². The van der Waals surface area contributed by atoms with E-state index in [4.69, 9.17) is 0 Å². The fourth-order valence-electron chi connectivity index (χ4n) is 7.03. The molecule has 0 aromatic carbocycles. The molecule has 2 amide bonds. The van der Waals surface area contributed by atoms with Gasteiger partial charge in [0.1, 0.15) is 0 Å². The Hall–Kier alpha value is -3.64. The number of nitrogens with one attached hydrogen (secondary N) is 3. The molecular weight excluding hydrogens is 572 g/mol. The number of aromatic amines is 1. The van der Waals surface area contributed by atoms with Crippen LogP contribution in [0.4, 0.5) is 0 Å².